The fourth-order valence-electron chi connectivity index (χ4n) is 2.66. The van der Waals surface area contributed by atoms with E-state index in [1.54, 1.807) is 0 Å². The van der Waals surface area contributed by atoms with Gasteiger partial charge in [-0.05, 0) is 49.7 Å². The normalized spacial score (nSPS) is 10.8. The fourth-order valence-corrected chi connectivity index (χ4v) is 2.66. The van der Waals surface area contributed by atoms with Crippen molar-refractivity contribution in [2.45, 2.75) is 26.8 Å². The number of fused-ring (bicyclic) bond motifs is 1. The molecule has 3 rings (SSSR count). The highest BCUT2D eigenvalue weighted by atomic mass is 16.5. The van der Waals surface area contributed by atoms with Gasteiger partial charge in [0.25, 0.3) is 0 Å². The molecule has 24 heavy (non-hydrogen) atoms. The predicted octanol–water partition coefficient (Wildman–Crippen LogP) is 3.77. The van der Waals surface area contributed by atoms with E-state index in [4.69, 9.17) is 4.74 Å². The monoisotopic (exact) mass is 323 g/mol. The largest absolute Gasteiger partial charge is 0.494 e. The summed E-state index contributed by atoms with van der Waals surface area (Å²) < 4.78 is 7.26. The maximum absolute atomic E-state index is 12.1. The zero-order chi connectivity index (χ0) is 16.9. The Morgan fingerprint density at radius 1 is 1.21 bits per heavy atom. The van der Waals surface area contributed by atoms with Gasteiger partial charge < -0.3 is 10.1 Å². The number of benzene rings is 2. The maximum Gasteiger partial charge on any atom is 0.226 e. The van der Waals surface area contributed by atoms with Crippen molar-refractivity contribution in [3.63, 3.8) is 0 Å². The number of amides is 1. The number of carbonyl (C=O) groups excluding carboxylic acids is 1. The van der Waals surface area contributed by atoms with Gasteiger partial charge in [0.2, 0.25) is 5.91 Å². The molecule has 0 fully saturated rings. The van der Waals surface area contributed by atoms with Gasteiger partial charge >= 0.3 is 0 Å². The quantitative estimate of drug-likeness (QED) is 0.751. The van der Waals surface area contributed by atoms with Gasteiger partial charge in [-0.2, -0.15) is 5.10 Å². The minimum atomic E-state index is -0.0320. The summed E-state index contributed by atoms with van der Waals surface area (Å²) in [6.07, 6.45) is 2.23. The smallest absolute Gasteiger partial charge is 0.226 e. The lowest BCUT2D eigenvalue weighted by Crippen LogP contribution is -2.15. The Labute approximate surface area is 141 Å². The summed E-state index contributed by atoms with van der Waals surface area (Å²) in [4.78, 5) is 12.1. The molecule has 0 saturated heterocycles. The topological polar surface area (TPSA) is 56.1 Å². The van der Waals surface area contributed by atoms with Crippen LogP contribution in [0.1, 0.15) is 18.9 Å². The van der Waals surface area contributed by atoms with E-state index in [0.29, 0.717) is 19.6 Å². The van der Waals surface area contributed by atoms with Crippen LogP contribution in [0.25, 0.3) is 10.9 Å². The van der Waals surface area contributed by atoms with Crippen molar-refractivity contribution < 1.29 is 9.53 Å². The number of rotatable bonds is 6. The van der Waals surface area contributed by atoms with E-state index in [1.807, 2.05) is 54.2 Å². The summed E-state index contributed by atoms with van der Waals surface area (Å²) in [6, 6.07) is 13.5. The zero-order valence-corrected chi connectivity index (χ0v) is 14.0. The van der Waals surface area contributed by atoms with E-state index in [-0.39, 0.29) is 5.91 Å². The molecule has 3 aromatic rings. The molecule has 5 heteroatoms. The van der Waals surface area contributed by atoms with Gasteiger partial charge in [0, 0.05) is 17.5 Å². The summed E-state index contributed by atoms with van der Waals surface area (Å²) in [5.74, 6) is 0.768. The molecule has 1 amide bonds. The predicted molar refractivity (Wildman–Crippen MR) is 95.3 cm³/mol. The van der Waals surface area contributed by atoms with Crippen LogP contribution in [0, 0.1) is 6.92 Å². The van der Waals surface area contributed by atoms with Crippen molar-refractivity contribution in [2.75, 3.05) is 11.9 Å². The first kappa shape index (κ1) is 16.1. The highest BCUT2D eigenvalue weighted by Gasteiger charge is 2.07. The SMILES string of the molecule is CCOc1ccc(NC(=O)CCn2ncc3c(C)cccc32)cc1. The summed E-state index contributed by atoms with van der Waals surface area (Å²) in [7, 11) is 0. The Morgan fingerprint density at radius 3 is 2.75 bits per heavy atom. The van der Waals surface area contributed by atoms with Crippen molar-refractivity contribution in [3.8, 4) is 5.75 Å². The number of ether oxygens (including phenoxy) is 1. The Hall–Kier alpha value is -2.82. The van der Waals surface area contributed by atoms with Gasteiger partial charge in [-0.25, -0.2) is 0 Å². The second-order valence-electron chi connectivity index (χ2n) is 5.63. The molecule has 124 valence electrons. The maximum atomic E-state index is 12.1. The number of nitrogens with zero attached hydrogens (tertiary/aromatic N) is 2. The number of anilines is 1. The number of hydrogen-bond acceptors (Lipinski definition) is 3. The Morgan fingerprint density at radius 2 is 2.00 bits per heavy atom. The molecule has 0 spiro atoms. The minimum Gasteiger partial charge on any atom is -0.494 e. The Kier molecular flexibility index (Phi) is 4.79. The summed E-state index contributed by atoms with van der Waals surface area (Å²) in [6.45, 7) is 5.18. The molecule has 0 radical (unpaired) electrons. The second kappa shape index (κ2) is 7.17. The molecular weight excluding hydrogens is 302 g/mol. The number of aryl methyl sites for hydroxylation is 2. The van der Waals surface area contributed by atoms with Crippen LogP contribution in [-0.2, 0) is 11.3 Å². The average molecular weight is 323 g/mol. The number of nitrogens with one attached hydrogen (secondary N) is 1. The Balaban J connectivity index is 1.59. The average Bonchev–Trinajstić information content (AvgIpc) is 3.00. The number of hydrogen-bond donors (Lipinski definition) is 1. The van der Waals surface area contributed by atoms with E-state index < -0.39 is 0 Å². The van der Waals surface area contributed by atoms with E-state index in [1.165, 1.54) is 5.56 Å². The highest BCUT2D eigenvalue weighted by Crippen LogP contribution is 2.18. The van der Waals surface area contributed by atoms with Gasteiger partial charge in [0.15, 0.2) is 0 Å². The van der Waals surface area contributed by atoms with Crippen molar-refractivity contribution >= 4 is 22.5 Å². The van der Waals surface area contributed by atoms with Gasteiger partial charge in [-0.3, -0.25) is 9.48 Å². The number of aromatic nitrogens is 2. The van der Waals surface area contributed by atoms with Crippen LogP contribution in [0.2, 0.25) is 0 Å². The van der Waals surface area contributed by atoms with Gasteiger partial charge in [0.1, 0.15) is 5.75 Å². The molecule has 1 heterocycles. The van der Waals surface area contributed by atoms with Gasteiger partial charge in [-0.15, -0.1) is 0 Å². The van der Waals surface area contributed by atoms with E-state index in [0.717, 1.165) is 22.3 Å². The molecule has 0 unspecified atom stereocenters. The summed E-state index contributed by atoms with van der Waals surface area (Å²) in [5, 5.41) is 8.41. The van der Waals surface area contributed by atoms with Crippen LogP contribution in [0.5, 0.6) is 5.75 Å². The fraction of sp³-hybridized carbons (Fsp3) is 0.263. The van der Waals surface area contributed by atoms with Crippen LogP contribution in [0.4, 0.5) is 5.69 Å². The van der Waals surface area contributed by atoms with Crippen LogP contribution >= 0.6 is 0 Å². The third-order valence-electron chi connectivity index (χ3n) is 3.91. The Bertz CT molecular complexity index is 837. The molecule has 0 aliphatic carbocycles. The third kappa shape index (κ3) is 3.56. The van der Waals surface area contributed by atoms with Gasteiger partial charge in [-0.1, -0.05) is 12.1 Å². The highest BCUT2D eigenvalue weighted by molar-refractivity contribution is 5.90. The molecule has 0 aliphatic heterocycles. The molecule has 2 aromatic carbocycles. The van der Waals surface area contributed by atoms with Crippen LogP contribution in [-0.4, -0.2) is 22.3 Å². The molecule has 5 nitrogen and oxygen atoms in total. The van der Waals surface area contributed by atoms with Crippen LogP contribution in [0.15, 0.2) is 48.7 Å². The molecule has 0 saturated carbocycles. The van der Waals surface area contributed by atoms with Crippen LogP contribution < -0.4 is 10.1 Å². The first-order chi connectivity index (χ1) is 11.7. The second-order valence-corrected chi connectivity index (χ2v) is 5.63. The zero-order valence-electron chi connectivity index (χ0n) is 14.0. The van der Waals surface area contributed by atoms with Crippen molar-refractivity contribution in [1.29, 1.82) is 0 Å². The first-order valence-corrected chi connectivity index (χ1v) is 8.11. The minimum absolute atomic E-state index is 0.0320. The summed E-state index contributed by atoms with van der Waals surface area (Å²) >= 11 is 0. The molecule has 1 N–H and O–H groups in total. The number of carbonyl (C=O) groups is 1. The lowest BCUT2D eigenvalue weighted by atomic mass is 10.1. The van der Waals surface area contributed by atoms with Gasteiger partial charge in [0.05, 0.1) is 24.9 Å². The lowest BCUT2D eigenvalue weighted by molar-refractivity contribution is -0.116. The third-order valence-corrected chi connectivity index (χ3v) is 3.91. The molecule has 0 bridgehead atoms. The van der Waals surface area contributed by atoms with Crippen LogP contribution in [0.3, 0.4) is 0 Å². The first-order valence-electron chi connectivity index (χ1n) is 8.11. The molecule has 0 atom stereocenters. The van der Waals surface area contributed by atoms with Crippen molar-refractivity contribution in [1.82, 2.24) is 9.78 Å². The van der Waals surface area contributed by atoms with E-state index >= 15 is 0 Å². The van der Waals surface area contributed by atoms with E-state index in [9.17, 15) is 4.79 Å². The summed E-state index contributed by atoms with van der Waals surface area (Å²) in [5.41, 5.74) is 3.02. The molecule has 0 aliphatic rings. The standard InChI is InChI=1S/C19H21N3O2/c1-3-24-16-9-7-15(8-10-16)21-19(23)11-12-22-18-6-4-5-14(2)17(18)13-20-22/h4-10,13H,3,11-12H2,1-2H3,(H,21,23). The van der Waals surface area contributed by atoms with Crippen molar-refractivity contribution in [3.05, 3.63) is 54.2 Å². The molecular formula is C19H21N3O2. The van der Waals surface area contributed by atoms with Crippen molar-refractivity contribution in [2.24, 2.45) is 0 Å². The molecule has 1 aromatic heterocycles. The van der Waals surface area contributed by atoms with E-state index in [2.05, 4.69) is 23.4 Å². The lowest BCUT2D eigenvalue weighted by Gasteiger charge is -2.08.